The van der Waals surface area contributed by atoms with Gasteiger partial charge in [0.25, 0.3) is 5.56 Å². The Morgan fingerprint density at radius 1 is 1.64 bits per heavy atom. The van der Waals surface area contributed by atoms with E-state index in [9.17, 15) is 4.79 Å². The third-order valence-electron chi connectivity index (χ3n) is 1.73. The average Bonchev–Trinajstić information content (AvgIpc) is 2.19. The fraction of sp³-hybridized carbons (Fsp3) is 0.571. The summed E-state index contributed by atoms with van der Waals surface area (Å²) in [6.45, 7) is 2.54. The van der Waals surface area contributed by atoms with Crippen molar-refractivity contribution in [2.24, 2.45) is 7.05 Å². The molecule has 0 unspecified atom stereocenters. The molecule has 4 nitrogen and oxygen atoms in total. The Balaban J connectivity index is 3.08. The molecule has 0 spiro atoms. The van der Waals surface area contributed by atoms with Crippen LogP contribution in [0.4, 0.5) is 0 Å². The Morgan fingerprint density at radius 2 is 2.27 bits per heavy atom. The van der Waals surface area contributed by atoms with E-state index >= 15 is 0 Å². The van der Waals surface area contributed by atoms with Crippen LogP contribution in [0.2, 0.25) is 0 Å². The second-order valence-corrected chi connectivity index (χ2v) is 2.61. The van der Waals surface area contributed by atoms with Crippen LogP contribution in [0.25, 0.3) is 0 Å². The minimum Gasteiger partial charge on any atom is -0.314 e. The van der Waals surface area contributed by atoms with Gasteiger partial charge in [0.2, 0.25) is 0 Å². The summed E-state index contributed by atoms with van der Waals surface area (Å²) in [4.78, 5) is 11.2. The second kappa shape index (κ2) is 2.92. The third-order valence-corrected chi connectivity index (χ3v) is 1.73. The Morgan fingerprint density at radius 3 is 2.64 bits per heavy atom. The van der Waals surface area contributed by atoms with Crippen molar-refractivity contribution in [3.05, 3.63) is 21.6 Å². The van der Waals surface area contributed by atoms with Crippen LogP contribution in [0, 0.1) is 6.92 Å². The first-order chi connectivity index (χ1) is 5.16. The maximum Gasteiger partial charge on any atom is 0.269 e. The number of nitrogens with one attached hydrogen (secondary N) is 2. The van der Waals surface area contributed by atoms with Crippen LogP contribution in [0.3, 0.4) is 0 Å². The highest BCUT2D eigenvalue weighted by molar-refractivity contribution is 5.14. The van der Waals surface area contributed by atoms with E-state index in [1.807, 2.05) is 14.0 Å². The molecular formula is C7H13N3O. The van der Waals surface area contributed by atoms with E-state index in [1.165, 1.54) is 4.68 Å². The summed E-state index contributed by atoms with van der Waals surface area (Å²) in [6, 6.07) is 0. The van der Waals surface area contributed by atoms with Crippen LogP contribution in [-0.4, -0.2) is 16.8 Å². The van der Waals surface area contributed by atoms with Crippen molar-refractivity contribution in [2.75, 3.05) is 7.05 Å². The van der Waals surface area contributed by atoms with Gasteiger partial charge < -0.3 is 5.32 Å². The van der Waals surface area contributed by atoms with Crippen molar-refractivity contribution in [1.82, 2.24) is 15.1 Å². The van der Waals surface area contributed by atoms with Gasteiger partial charge in [-0.3, -0.25) is 14.6 Å². The largest absolute Gasteiger partial charge is 0.314 e. The molecule has 1 aromatic heterocycles. The summed E-state index contributed by atoms with van der Waals surface area (Å²) in [5, 5.41) is 5.94. The molecule has 0 bridgehead atoms. The first kappa shape index (κ1) is 8.07. The lowest BCUT2D eigenvalue weighted by Crippen LogP contribution is -2.13. The van der Waals surface area contributed by atoms with Gasteiger partial charge in [0, 0.05) is 19.2 Å². The molecule has 62 valence electrons. The van der Waals surface area contributed by atoms with Crippen molar-refractivity contribution in [3.8, 4) is 0 Å². The number of aromatic amines is 1. The second-order valence-electron chi connectivity index (χ2n) is 2.61. The van der Waals surface area contributed by atoms with Crippen LogP contribution < -0.4 is 10.9 Å². The first-order valence-electron chi connectivity index (χ1n) is 3.56. The Kier molecular flexibility index (Phi) is 2.14. The lowest BCUT2D eigenvalue weighted by molar-refractivity contribution is 0.698. The number of H-pyrrole nitrogens is 1. The first-order valence-corrected chi connectivity index (χ1v) is 3.56. The van der Waals surface area contributed by atoms with Crippen molar-refractivity contribution in [1.29, 1.82) is 0 Å². The van der Waals surface area contributed by atoms with Crippen LogP contribution in [0.5, 0.6) is 0 Å². The molecule has 0 aromatic carbocycles. The smallest absolute Gasteiger partial charge is 0.269 e. The normalized spacial score (nSPS) is 10.5. The van der Waals surface area contributed by atoms with E-state index in [0.717, 1.165) is 11.3 Å². The standard InChI is InChI=1S/C7H13N3O/c1-5-6(4-8-2)9-10(3)7(5)11/h8-9H,4H2,1-3H3. The fourth-order valence-corrected chi connectivity index (χ4v) is 1.07. The van der Waals surface area contributed by atoms with Gasteiger partial charge >= 0.3 is 0 Å². The molecule has 0 radical (unpaired) electrons. The van der Waals surface area contributed by atoms with Crippen LogP contribution in [0.1, 0.15) is 11.3 Å². The quantitative estimate of drug-likeness (QED) is 0.618. The molecule has 0 aliphatic rings. The van der Waals surface area contributed by atoms with E-state index in [2.05, 4.69) is 10.4 Å². The zero-order valence-electron chi connectivity index (χ0n) is 7.06. The number of hydrogen-bond acceptors (Lipinski definition) is 2. The molecule has 0 saturated carbocycles. The van der Waals surface area contributed by atoms with Crippen molar-refractivity contribution in [3.63, 3.8) is 0 Å². The summed E-state index contributed by atoms with van der Waals surface area (Å²) < 4.78 is 1.49. The molecule has 0 saturated heterocycles. The van der Waals surface area contributed by atoms with Crippen LogP contribution in [0.15, 0.2) is 4.79 Å². The van der Waals surface area contributed by atoms with E-state index < -0.39 is 0 Å². The predicted molar refractivity (Wildman–Crippen MR) is 43.5 cm³/mol. The minimum absolute atomic E-state index is 0.0512. The molecular weight excluding hydrogens is 142 g/mol. The molecule has 11 heavy (non-hydrogen) atoms. The SMILES string of the molecule is CNCc1[nH]n(C)c(=O)c1C. The number of nitrogens with zero attached hydrogens (tertiary/aromatic N) is 1. The zero-order valence-corrected chi connectivity index (χ0v) is 7.06. The van der Waals surface area contributed by atoms with Gasteiger partial charge in [-0.1, -0.05) is 0 Å². The third kappa shape index (κ3) is 1.35. The highest BCUT2D eigenvalue weighted by atomic mass is 16.1. The highest BCUT2D eigenvalue weighted by Gasteiger charge is 2.04. The zero-order chi connectivity index (χ0) is 8.43. The van der Waals surface area contributed by atoms with Crippen LogP contribution in [-0.2, 0) is 13.6 Å². The Hall–Kier alpha value is -1.03. The average molecular weight is 155 g/mol. The lowest BCUT2D eigenvalue weighted by Gasteiger charge is -1.94. The molecule has 4 heteroatoms. The van der Waals surface area contributed by atoms with Gasteiger partial charge in [-0.05, 0) is 14.0 Å². The Bertz CT molecular complexity index is 297. The number of hydrogen-bond donors (Lipinski definition) is 2. The summed E-state index contributed by atoms with van der Waals surface area (Å²) in [7, 11) is 3.57. The molecule has 1 aromatic rings. The number of aromatic nitrogens is 2. The van der Waals surface area contributed by atoms with Gasteiger partial charge in [-0.2, -0.15) is 0 Å². The van der Waals surface area contributed by atoms with Crippen molar-refractivity contribution >= 4 is 0 Å². The van der Waals surface area contributed by atoms with Gasteiger partial charge in [0.05, 0.1) is 5.69 Å². The molecule has 0 fully saturated rings. The van der Waals surface area contributed by atoms with E-state index in [0.29, 0.717) is 6.54 Å². The van der Waals surface area contributed by atoms with Gasteiger partial charge in [0.15, 0.2) is 0 Å². The van der Waals surface area contributed by atoms with Crippen molar-refractivity contribution in [2.45, 2.75) is 13.5 Å². The van der Waals surface area contributed by atoms with E-state index in [4.69, 9.17) is 0 Å². The summed E-state index contributed by atoms with van der Waals surface area (Å²) in [5.74, 6) is 0. The monoisotopic (exact) mass is 155 g/mol. The molecule has 2 N–H and O–H groups in total. The summed E-state index contributed by atoms with van der Waals surface area (Å²) in [5.41, 5.74) is 1.80. The molecule has 0 aliphatic carbocycles. The minimum atomic E-state index is 0.0512. The van der Waals surface area contributed by atoms with Crippen LogP contribution >= 0.6 is 0 Å². The predicted octanol–water partition coefficient (Wildman–Crippen LogP) is -0.259. The number of rotatable bonds is 2. The van der Waals surface area contributed by atoms with Gasteiger partial charge in [0.1, 0.15) is 0 Å². The molecule has 0 amide bonds. The van der Waals surface area contributed by atoms with Crippen molar-refractivity contribution < 1.29 is 0 Å². The fourth-order valence-electron chi connectivity index (χ4n) is 1.07. The van der Waals surface area contributed by atoms with Gasteiger partial charge in [-0.25, -0.2) is 0 Å². The summed E-state index contributed by atoms with van der Waals surface area (Å²) in [6.07, 6.45) is 0. The highest BCUT2D eigenvalue weighted by Crippen LogP contribution is 1.96. The van der Waals surface area contributed by atoms with E-state index in [1.54, 1.807) is 7.05 Å². The Labute approximate surface area is 65.2 Å². The topological polar surface area (TPSA) is 49.8 Å². The lowest BCUT2D eigenvalue weighted by atomic mass is 10.3. The molecule has 0 atom stereocenters. The van der Waals surface area contributed by atoms with Gasteiger partial charge in [-0.15, -0.1) is 0 Å². The van der Waals surface area contributed by atoms with E-state index in [-0.39, 0.29) is 5.56 Å². The maximum absolute atomic E-state index is 11.2. The number of aryl methyl sites for hydroxylation is 1. The molecule has 1 heterocycles. The summed E-state index contributed by atoms with van der Waals surface area (Å²) >= 11 is 0. The molecule has 1 rings (SSSR count). The maximum atomic E-state index is 11.2. The molecule has 0 aliphatic heterocycles.